The molecule has 1 aliphatic rings. The van der Waals surface area contributed by atoms with Crippen LogP contribution < -0.4 is 14.2 Å². The molecule has 0 saturated carbocycles. The van der Waals surface area contributed by atoms with Crippen molar-refractivity contribution in [2.75, 3.05) is 40.5 Å². The van der Waals surface area contributed by atoms with Gasteiger partial charge in [0.1, 0.15) is 18.1 Å². The van der Waals surface area contributed by atoms with Gasteiger partial charge in [0.25, 0.3) is 0 Å². The van der Waals surface area contributed by atoms with Crippen molar-refractivity contribution in [2.24, 2.45) is 5.16 Å². The monoisotopic (exact) mass is 549 g/mol. The zero-order valence-corrected chi connectivity index (χ0v) is 23.3. The van der Waals surface area contributed by atoms with Crippen LogP contribution in [0.5, 0.6) is 17.2 Å². The predicted octanol–water partition coefficient (Wildman–Crippen LogP) is 6.04. The maximum absolute atomic E-state index is 6.03. The molecule has 0 saturated heterocycles. The van der Waals surface area contributed by atoms with Crippen molar-refractivity contribution in [1.82, 2.24) is 9.88 Å². The van der Waals surface area contributed by atoms with Crippen LogP contribution in [-0.2, 0) is 4.84 Å². The first-order valence-corrected chi connectivity index (χ1v) is 12.6. The van der Waals surface area contributed by atoms with Gasteiger partial charge in [-0.3, -0.25) is 0 Å². The van der Waals surface area contributed by atoms with Gasteiger partial charge in [0.2, 0.25) is 6.10 Å². The second kappa shape index (κ2) is 12.2. The van der Waals surface area contributed by atoms with E-state index in [2.05, 4.69) is 21.0 Å². The van der Waals surface area contributed by atoms with E-state index in [1.165, 1.54) is 0 Å². The molecule has 0 aliphatic heterocycles. The van der Waals surface area contributed by atoms with Crippen LogP contribution in [0.2, 0.25) is 0 Å². The van der Waals surface area contributed by atoms with Gasteiger partial charge in [0, 0.05) is 39.7 Å². The number of aromatic nitrogens is 1. The highest BCUT2D eigenvalue weighted by atomic mass is 35.5. The van der Waals surface area contributed by atoms with E-state index >= 15 is 0 Å². The Morgan fingerprint density at radius 3 is 2.41 bits per heavy atom. The average Bonchev–Trinajstić information content (AvgIpc) is 3.62. The van der Waals surface area contributed by atoms with Gasteiger partial charge in [-0.25, -0.2) is 0 Å². The van der Waals surface area contributed by atoms with E-state index in [0.29, 0.717) is 42.6 Å². The van der Waals surface area contributed by atoms with Crippen LogP contribution in [0.1, 0.15) is 36.6 Å². The largest absolute Gasteiger partial charge is 0.492 e. The zero-order valence-electron chi connectivity index (χ0n) is 22.4. The third kappa shape index (κ3) is 5.56. The fourth-order valence-corrected chi connectivity index (χ4v) is 4.50. The van der Waals surface area contributed by atoms with E-state index in [0.717, 1.165) is 45.6 Å². The molecule has 1 atom stereocenters. The number of benzene rings is 2. The Kier molecular flexibility index (Phi) is 8.75. The van der Waals surface area contributed by atoms with Crippen molar-refractivity contribution >= 4 is 29.0 Å². The quantitative estimate of drug-likeness (QED) is 0.160. The number of hydrogen-bond acceptors (Lipinski definition) is 7. The summed E-state index contributed by atoms with van der Waals surface area (Å²) in [6.45, 7) is 6.31. The third-order valence-electron chi connectivity index (χ3n) is 6.27. The maximum atomic E-state index is 6.03. The Morgan fingerprint density at radius 2 is 1.77 bits per heavy atom. The minimum absolute atomic E-state index is 0. The number of aromatic amines is 1. The van der Waals surface area contributed by atoms with Crippen molar-refractivity contribution in [2.45, 2.75) is 20.0 Å². The Balaban J connectivity index is 0.00000353. The summed E-state index contributed by atoms with van der Waals surface area (Å²) in [5.41, 5.74) is 5.97. The van der Waals surface area contributed by atoms with Crippen LogP contribution >= 0.6 is 12.4 Å². The summed E-state index contributed by atoms with van der Waals surface area (Å²) in [7, 11) is 4.04. The van der Waals surface area contributed by atoms with Crippen molar-refractivity contribution in [3.63, 3.8) is 0 Å². The second-order valence-corrected chi connectivity index (χ2v) is 9.09. The number of ether oxygens (including phenoxy) is 3. The maximum Gasteiger partial charge on any atom is 0.215 e. The number of H-pyrrole nitrogens is 1. The summed E-state index contributed by atoms with van der Waals surface area (Å²) >= 11 is 0. The van der Waals surface area contributed by atoms with Crippen LogP contribution in [0.3, 0.4) is 0 Å². The van der Waals surface area contributed by atoms with E-state index in [-0.39, 0.29) is 12.4 Å². The van der Waals surface area contributed by atoms with Crippen molar-refractivity contribution in [3.05, 3.63) is 65.6 Å². The van der Waals surface area contributed by atoms with Gasteiger partial charge in [0.15, 0.2) is 11.5 Å². The van der Waals surface area contributed by atoms with Gasteiger partial charge in [-0.05, 0) is 64.3 Å². The van der Waals surface area contributed by atoms with Gasteiger partial charge in [-0.1, -0.05) is 11.1 Å². The Labute approximate surface area is 234 Å². The molecular formula is C30H32ClN3O5. The summed E-state index contributed by atoms with van der Waals surface area (Å²) in [6.07, 6.45) is 8.18. The highest BCUT2D eigenvalue weighted by Gasteiger charge is 2.32. The smallest absolute Gasteiger partial charge is 0.215 e. The Hall–Kier alpha value is -4.06. The van der Waals surface area contributed by atoms with Gasteiger partial charge in [-0.2, -0.15) is 0 Å². The number of halogens is 1. The molecule has 9 heteroatoms. The number of hydrogen-bond donors (Lipinski definition) is 1. The minimum atomic E-state index is -0.696. The molecule has 0 fully saturated rings. The first-order chi connectivity index (χ1) is 18.5. The lowest BCUT2D eigenvalue weighted by atomic mass is 10.1. The second-order valence-electron chi connectivity index (χ2n) is 9.09. The van der Waals surface area contributed by atoms with E-state index < -0.39 is 6.10 Å². The van der Waals surface area contributed by atoms with Crippen molar-refractivity contribution in [1.29, 1.82) is 0 Å². The summed E-state index contributed by atoms with van der Waals surface area (Å²) in [5, 5.41) is 5.59. The summed E-state index contributed by atoms with van der Waals surface area (Å²) in [4.78, 5) is 11.6. The van der Waals surface area contributed by atoms with Crippen LogP contribution in [0.4, 0.5) is 0 Å². The highest BCUT2D eigenvalue weighted by molar-refractivity contribution is 6.30. The molecule has 2 heterocycles. The molecule has 4 aromatic rings. The topological polar surface area (TPSA) is 81.4 Å². The van der Waals surface area contributed by atoms with E-state index in [9.17, 15) is 0 Å². The fraction of sp³-hybridized carbons (Fsp3) is 0.300. The average molecular weight is 550 g/mol. The number of furan rings is 1. The lowest BCUT2D eigenvalue weighted by Gasteiger charge is -2.14. The summed E-state index contributed by atoms with van der Waals surface area (Å²) < 4.78 is 23.0. The van der Waals surface area contributed by atoms with Gasteiger partial charge in [0.05, 0.1) is 31.4 Å². The van der Waals surface area contributed by atoms with Crippen LogP contribution in [0.15, 0.2) is 58.5 Å². The molecule has 5 rings (SSSR count). The molecule has 204 valence electrons. The first-order valence-electron chi connectivity index (χ1n) is 12.6. The standard InChI is InChI=1S/C30H31N3O5.ClH/c1-6-25(19-11-13-34-18-19)38-32-30-22-17-27(36-8-3)26(35-7-2)16-21(22)29-28(30)23-15-20(9-10-24(23)31-29)37-14-12-33(4)5;/h1,9-11,13,15-18,25,31H,7-8,12,14H2,2-5H3;1H. The third-order valence-corrected chi connectivity index (χ3v) is 6.27. The normalized spacial score (nSPS) is 13.5. The SMILES string of the molecule is C#CC(ON=C1c2cc(OCC)c(OCC)cc2-c2[nH]c3ccc(OCCN(C)C)cc3c21)c1ccoc1.Cl. The molecule has 2 aromatic carbocycles. The molecule has 1 aliphatic carbocycles. The summed E-state index contributed by atoms with van der Waals surface area (Å²) in [5.74, 6) is 4.74. The number of nitrogens with one attached hydrogen (secondary N) is 1. The molecule has 0 spiro atoms. The van der Waals surface area contributed by atoms with Crippen LogP contribution in [0.25, 0.3) is 22.2 Å². The predicted molar refractivity (Wildman–Crippen MR) is 154 cm³/mol. The van der Waals surface area contributed by atoms with Crippen molar-refractivity contribution in [3.8, 4) is 40.8 Å². The molecule has 0 radical (unpaired) electrons. The molecule has 8 nitrogen and oxygen atoms in total. The fourth-order valence-electron chi connectivity index (χ4n) is 4.50. The number of nitrogens with zero attached hydrogens (tertiary/aromatic N) is 2. The van der Waals surface area contributed by atoms with Crippen molar-refractivity contribution < 1.29 is 23.5 Å². The van der Waals surface area contributed by atoms with Crippen LogP contribution in [0, 0.1) is 12.3 Å². The number of terminal acetylenes is 1. The van der Waals surface area contributed by atoms with E-state index in [1.54, 1.807) is 18.6 Å². The number of likely N-dealkylation sites (N-methyl/N-ethyl adjacent to an activating group) is 1. The Bertz CT molecular complexity index is 1500. The molecule has 0 amide bonds. The molecular weight excluding hydrogens is 518 g/mol. The lowest BCUT2D eigenvalue weighted by Crippen LogP contribution is -2.19. The van der Waals surface area contributed by atoms with Crippen LogP contribution in [-0.4, -0.2) is 56.1 Å². The van der Waals surface area contributed by atoms with Gasteiger partial charge < -0.3 is 33.3 Å². The van der Waals surface area contributed by atoms with E-state index in [4.69, 9.17) is 29.9 Å². The lowest BCUT2D eigenvalue weighted by molar-refractivity contribution is 0.0996. The first kappa shape index (κ1) is 28.0. The zero-order chi connectivity index (χ0) is 26.6. The molecule has 1 N–H and O–H groups in total. The number of rotatable bonds is 11. The summed E-state index contributed by atoms with van der Waals surface area (Å²) in [6, 6.07) is 11.7. The molecule has 2 aromatic heterocycles. The van der Waals surface area contributed by atoms with E-state index in [1.807, 2.05) is 58.3 Å². The number of oxime groups is 1. The van der Waals surface area contributed by atoms with Gasteiger partial charge >= 0.3 is 0 Å². The minimum Gasteiger partial charge on any atom is -0.492 e. The van der Waals surface area contributed by atoms with Gasteiger partial charge in [-0.15, -0.1) is 18.8 Å². The number of fused-ring (bicyclic) bond motifs is 5. The Morgan fingerprint density at radius 1 is 1.03 bits per heavy atom. The highest BCUT2D eigenvalue weighted by Crippen LogP contribution is 2.46. The molecule has 39 heavy (non-hydrogen) atoms. The molecule has 0 bridgehead atoms. The molecule has 1 unspecified atom stereocenters.